The van der Waals surface area contributed by atoms with E-state index < -0.39 is 24.0 Å². The Morgan fingerprint density at radius 3 is 2.31 bits per heavy atom. The van der Waals surface area contributed by atoms with E-state index >= 15 is 0 Å². The first-order chi connectivity index (χ1) is 18.9. The van der Waals surface area contributed by atoms with Gasteiger partial charge in [0.15, 0.2) is 24.1 Å². The second-order valence-electron chi connectivity index (χ2n) is 9.01. The molecular weight excluding hydrogens is 500 g/mol. The Bertz CT molecular complexity index is 1490. The van der Waals surface area contributed by atoms with E-state index in [4.69, 9.17) is 13.9 Å². The number of carbonyl (C=O) groups excluding carboxylic acids is 2. The number of ether oxygens (including phenoxy) is 2. The summed E-state index contributed by atoms with van der Waals surface area (Å²) in [5.74, 6) is -1.19. The average Bonchev–Trinajstić information content (AvgIpc) is 2.96. The Balaban J connectivity index is 1.59. The van der Waals surface area contributed by atoms with Crippen molar-refractivity contribution >= 4 is 22.8 Å². The zero-order chi connectivity index (χ0) is 27.8. The number of aliphatic hydroxyl groups excluding tert-OH is 1. The Morgan fingerprint density at radius 1 is 0.974 bits per heavy atom. The first-order valence-corrected chi connectivity index (χ1v) is 12.4. The third kappa shape index (κ3) is 6.90. The van der Waals surface area contributed by atoms with Gasteiger partial charge in [-0.15, -0.1) is 0 Å². The van der Waals surface area contributed by atoms with Gasteiger partial charge in [-0.2, -0.15) is 0 Å². The molecule has 202 valence electrons. The fraction of sp³-hybridized carbons (Fsp3) is 0.233. The van der Waals surface area contributed by atoms with Crippen LogP contribution in [0.25, 0.3) is 11.0 Å². The van der Waals surface area contributed by atoms with E-state index in [1.165, 1.54) is 20.1 Å². The molecule has 0 fully saturated rings. The number of methoxy groups -OCH3 is 1. The van der Waals surface area contributed by atoms with Gasteiger partial charge in [0.05, 0.1) is 11.4 Å². The van der Waals surface area contributed by atoms with Gasteiger partial charge in [0.1, 0.15) is 11.3 Å². The molecule has 0 aliphatic carbocycles. The third-order valence-electron chi connectivity index (χ3n) is 6.21. The lowest BCUT2D eigenvalue weighted by molar-refractivity contribution is -0.130. The van der Waals surface area contributed by atoms with Gasteiger partial charge in [0, 0.05) is 25.3 Å². The van der Waals surface area contributed by atoms with E-state index in [-0.39, 0.29) is 47.5 Å². The minimum atomic E-state index is -1.57. The molecule has 0 aliphatic rings. The van der Waals surface area contributed by atoms with Crippen molar-refractivity contribution in [1.29, 1.82) is 0 Å². The summed E-state index contributed by atoms with van der Waals surface area (Å²) in [6.45, 7) is 1.71. The monoisotopic (exact) mass is 530 g/mol. The maximum absolute atomic E-state index is 13.4. The molecule has 0 radical (unpaired) electrons. The van der Waals surface area contributed by atoms with Gasteiger partial charge < -0.3 is 29.6 Å². The highest BCUT2D eigenvalue weighted by atomic mass is 16.7. The fourth-order valence-corrected chi connectivity index (χ4v) is 4.12. The molecule has 39 heavy (non-hydrogen) atoms. The highest BCUT2D eigenvalue weighted by Gasteiger charge is 2.30. The number of nitrogens with one attached hydrogen (secondary N) is 2. The average molecular weight is 531 g/mol. The summed E-state index contributed by atoms with van der Waals surface area (Å²) in [5, 5.41) is 16.7. The lowest BCUT2D eigenvalue weighted by Crippen LogP contribution is -2.51. The normalized spacial score (nSPS) is 12.5. The SMILES string of the molecule is COCOc1ccc2c(=O)c(C)c(C(=O)N[C@@H](Cc3ccccc3)[C@@H](O)C(=O)NCc3ccccc3)oc2c1. The van der Waals surface area contributed by atoms with Crippen molar-refractivity contribution in [3.8, 4) is 5.75 Å². The second-order valence-corrected chi connectivity index (χ2v) is 9.01. The third-order valence-corrected chi connectivity index (χ3v) is 6.21. The molecule has 4 aromatic rings. The van der Waals surface area contributed by atoms with E-state index in [9.17, 15) is 19.5 Å². The zero-order valence-electron chi connectivity index (χ0n) is 21.7. The minimum absolute atomic E-state index is 0.000332. The summed E-state index contributed by atoms with van der Waals surface area (Å²) in [4.78, 5) is 39.3. The fourth-order valence-electron chi connectivity index (χ4n) is 4.12. The van der Waals surface area contributed by atoms with Crippen LogP contribution in [-0.4, -0.2) is 43.0 Å². The number of fused-ring (bicyclic) bond motifs is 1. The Labute approximate surface area is 225 Å². The molecule has 0 bridgehead atoms. The van der Waals surface area contributed by atoms with Crippen LogP contribution in [0.15, 0.2) is 88.1 Å². The molecule has 4 rings (SSSR count). The molecular formula is C30H30N2O7. The van der Waals surface area contributed by atoms with Crippen LogP contribution in [0.1, 0.15) is 27.2 Å². The van der Waals surface area contributed by atoms with Crippen molar-refractivity contribution in [2.75, 3.05) is 13.9 Å². The summed E-state index contributed by atoms with van der Waals surface area (Å²) >= 11 is 0. The number of rotatable bonds is 11. The molecule has 2 atom stereocenters. The van der Waals surface area contributed by atoms with Crippen molar-refractivity contribution in [3.63, 3.8) is 0 Å². The van der Waals surface area contributed by atoms with Gasteiger partial charge in [-0.05, 0) is 36.6 Å². The van der Waals surface area contributed by atoms with Gasteiger partial charge in [-0.3, -0.25) is 14.4 Å². The summed E-state index contributed by atoms with van der Waals surface area (Å²) < 4.78 is 16.2. The van der Waals surface area contributed by atoms with Crippen molar-refractivity contribution in [2.24, 2.45) is 0 Å². The molecule has 3 aromatic carbocycles. The Kier molecular flexibility index (Phi) is 9.09. The molecule has 0 unspecified atom stereocenters. The van der Waals surface area contributed by atoms with Gasteiger partial charge in [-0.1, -0.05) is 60.7 Å². The molecule has 0 spiro atoms. The van der Waals surface area contributed by atoms with Crippen molar-refractivity contribution in [3.05, 3.63) is 112 Å². The van der Waals surface area contributed by atoms with E-state index in [0.29, 0.717) is 5.75 Å². The largest absolute Gasteiger partial charge is 0.467 e. The molecule has 0 aliphatic heterocycles. The van der Waals surface area contributed by atoms with Gasteiger partial charge in [-0.25, -0.2) is 0 Å². The van der Waals surface area contributed by atoms with Crippen LogP contribution in [0, 0.1) is 6.92 Å². The number of hydrogen-bond donors (Lipinski definition) is 3. The van der Waals surface area contributed by atoms with Gasteiger partial charge in [0.25, 0.3) is 11.8 Å². The molecule has 9 nitrogen and oxygen atoms in total. The summed E-state index contributed by atoms with van der Waals surface area (Å²) in [6.07, 6.45) is -1.40. The first kappa shape index (κ1) is 27.6. The lowest BCUT2D eigenvalue weighted by atomic mass is 10.00. The topological polar surface area (TPSA) is 127 Å². The van der Waals surface area contributed by atoms with Crippen LogP contribution in [0.3, 0.4) is 0 Å². The van der Waals surface area contributed by atoms with E-state index in [0.717, 1.165) is 11.1 Å². The number of hydrogen-bond acceptors (Lipinski definition) is 7. The van der Waals surface area contributed by atoms with Crippen LogP contribution in [0.4, 0.5) is 0 Å². The predicted molar refractivity (Wildman–Crippen MR) is 145 cm³/mol. The molecule has 0 saturated heterocycles. The second kappa shape index (κ2) is 12.9. The number of carbonyl (C=O) groups is 2. The number of aliphatic hydroxyl groups is 1. The van der Waals surface area contributed by atoms with Crippen LogP contribution in [0.2, 0.25) is 0 Å². The van der Waals surface area contributed by atoms with Crippen molar-refractivity contribution in [2.45, 2.75) is 32.0 Å². The van der Waals surface area contributed by atoms with Crippen LogP contribution in [0.5, 0.6) is 5.75 Å². The summed E-state index contributed by atoms with van der Waals surface area (Å²) in [5.41, 5.74) is 1.55. The minimum Gasteiger partial charge on any atom is -0.467 e. The first-order valence-electron chi connectivity index (χ1n) is 12.4. The smallest absolute Gasteiger partial charge is 0.287 e. The maximum Gasteiger partial charge on any atom is 0.287 e. The molecule has 9 heteroatoms. The number of amides is 2. The van der Waals surface area contributed by atoms with E-state index in [2.05, 4.69) is 10.6 Å². The highest BCUT2D eigenvalue weighted by molar-refractivity contribution is 5.95. The predicted octanol–water partition coefficient (Wildman–Crippen LogP) is 3.10. The van der Waals surface area contributed by atoms with Crippen molar-refractivity contribution in [1.82, 2.24) is 10.6 Å². The Morgan fingerprint density at radius 2 is 1.64 bits per heavy atom. The standard InChI is InChI=1S/C30H30N2O7/c1-19-26(33)23-14-13-22(38-18-37-2)16-25(23)39-28(19)30(36)32-24(15-20-9-5-3-6-10-20)27(34)29(35)31-17-21-11-7-4-8-12-21/h3-14,16,24,27,34H,15,17-18H2,1-2H3,(H,31,35)(H,32,36)/t24-,27+/m0/s1. The molecule has 1 aromatic heterocycles. The maximum atomic E-state index is 13.4. The van der Waals surface area contributed by atoms with Gasteiger partial charge in [0.2, 0.25) is 0 Å². The number of benzene rings is 3. The lowest BCUT2D eigenvalue weighted by Gasteiger charge is -2.24. The molecule has 2 amide bonds. The summed E-state index contributed by atoms with van der Waals surface area (Å²) in [7, 11) is 1.48. The van der Waals surface area contributed by atoms with Crippen molar-refractivity contribution < 1.29 is 28.6 Å². The highest BCUT2D eigenvalue weighted by Crippen LogP contribution is 2.22. The van der Waals surface area contributed by atoms with Crippen LogP contribution >= 0.6 is 0 Å². The summed E-state index contributed by atoms with van der Waals surface area (Å²) in [6, 6.07) is 22.1. The van der Waals surface area contributed by atoms with Crippen LogP contribution < -0.4 is 20.8 Å². The molecule has 3 N–H and O–H groups in total. The zero-order valence-corrected chi connectivity index (χ0v) is 21.7. The quantitative estimate of drug-likeness (QED) is 0.254. The van der Waals surface area contributed by atoms with Crippen LogP contribution in [-0.2, 0) is 22.5 Å². The Hall–Kier alpha value is -4.47. The van der Waals surface area contributed by atoms with Gasteiger partial charge >= 0.3 is 0 Å². The molecule has 0 saturated carbocycles. The van der Waals surface area contributed by atoms with E-state index in [1.807, 2.05) is 60.7 Å². The molecule has 1 heterocycles. The van der Waals surface area contributed by atoms with E-state index in [1.54, 1.807) is 12.1 Å².